The number of hydrogen-bond donors (Lipinski definition) is 11. The Bertz CT molecular complexity index is 6690. The summed E-state index contributed by atoms with van der Waals surface area (Å²) in [5.41, 5.74) is 19.1. The minimum Gasteiger partial charge on any atom is -0.497 e. The van der Waals surface area contributed by atoms with Crippen LogP contribution in [-0.2, 0) is 39.6 Å². The van der Waals surface area contributed by atoms with Crippen LogP contribution in [0, 0.1) is 63.7 Å². The van der Waals surface area contributed by atoms with Crippen molar-refractivity contribution in [3.05, 3.63) is 401 Å². The number of ether oxygens (including phenoxy) is 2. The lowest BCUT2D eigenvalue weighted by Gasteiger charge is -2.12. The second-order valence-corrected chi connectivity index (χ2v) is 29.7. The summed E-state index contributed by atoms with van der Waals surface area (Å²) in [5.74, 6) is -1.68. The summed E-state index contributed by atoms with van der Waals surface area (Å²) in [6.45, 7) is 7.17. The first kappa shape index (κ1) is 96.0. The molecule has 0 saturated carbocycles. The molecule has 0 aliphatic rings. The van der Waals surface area contributed by atoms with E-state index in [1.807, 2.05) is 78.9 Å². The molecule has 0 aliphatic carbocycles. The maximum Gasteiger partial charge on any atom is 0.185 e. The van der Waals surface area contributed by atoms with Crippen molar-refractivity contribution in [2.75, 3.05) is 14.2 Å². The van der Waals surface area contributed by atoms with Gasteiger partial charge in [-0.2, -0.15) is 25.5 Å². The SMILES string of the molecule is COc1cc(-c2cc(/C=C/C(=O)c3ccc(F)c(C)c3)[nH]n2)cc(CO)c1CO.COc1cc(CO)cc(-c2cc(/C=C/C(=O)c3ccc(F)c(C)c3)[nH]n2)c1.Cc1cc(C(=O)/C=C/c2cc(-c3ccc(CO)c(CO)c3)n[nH]2)ccc1F.Cc1cc(C(=O)/C=C/c2cc(-c3ccc(CO)cc3)n[nH]2)ccc1F.Cc1cc(C(=O)/C=C/c2cc(-c3ccccc3)n[nH]2)ccc1F. The van der Waals surface area contributed by atoms with Crippen molar-refractivity contribution < 1.29 is 86.0 Å². The number of benzene rings is 10. The number of ketones is 5. The normalized spacial score (nSPS) is 11.2. The molecule has 28 heteroatoms. The number of halogens is 5. The fraction of sp³-hybridized carbons (Fsp3) is 0.126. The topological polar surface area (TPSA) is 369 Å². The third kappa shape index (κ3) is 26.3. The molecule has 131 heavy (non-hydrogen) atoms. The number of hydrogen-bond acceptors (Lipinski definition) is 18. The lowest BCUT2D eigenvalue weighted by molar-refractivity contribution is 0.103. The van der Waals surface area contributed by atoms with E-state index < -0.39 is 0 Å². The molecule has 11 N–H and O–H groups in total. The van der Waals surface area contributed by atoms with Crippen molar-refractivity contribution in [1.82, 2.24) is 51.0 Å². The highest BCUT2D eigenvalue weighted by molar-refractivity contribution is 6.09. The monoisotopic (exact) mass is 1770 g/mol. The number of rotatable bonds is 28. The average Bonchev–Trinajstić information content (AvgIpc) is 1.78. The second kappa shape index (κ2) is 46.2. The molecule has 0 radical (unpaired) electrons. The predicted octanol–water partition coefficient (Wildman–Crippen LogP) is 19.1. The van der Waals surface area contributed by atoms with E-state index in [9.17, 15) is 71.5 Å². The quantitative estimate of drug-likeness (QED) is 0.0123. The molecule has 0 unspecified atom stereocenters. The van der Waals surface area contributed by atoms with Gasteiger partial charge in [0.25, 0.3) is 0 Å². The lowest BCUT2D eigenvalue weighted by atomic mass is 10.0. The zero-order valence-corrected chi connectivity index (χ0v) is 72.0. The number of aromatic amines is 5. The van der Waals surface area contributed by atoms with Gasteiger partial charge >= 0.3 is 0 Å². The van der Waals surface area contributed by atoms with Gasteiger partial charge in [0.05, 0.1) is 111 Å². The van der Waals surface area contributed by atoms with E-state index in [1.54, 1.807) is 133 Å². The molecule has 15 aromatic rings. The first-order valence-corrected chi connectivity index (χ1v) is 40.7. The number of aliphatic hydroxyl groups is 6. The van der Waals surface area contributed by atoms with Crippen LogP contribution in [0.4, 0.5) is 22.0 Å². The number of carbonyl (C=O) groups excluding carboxylic acids is 5. The van der Waals surface area contributed by atoms with Gasteiger partial charge in [-0.3, -0.25) is 49.5 Å². The first-order chi connectivity index (χ1) is 63.2. The van der Waals surface area contributed by atoms with Crippen molar-refractivity contribution >= 4 is 59.3 Å². The number of nitrogens with one attached hydrogen (secondary N) is 5. The molecule has 10 aromatic carbocycles. The molecular weight excluding hydrogens is 1680 g/mol. The fourth-order valence-electron chi connectivity index (χ4n) is 13.0. The van der Waals surface area contributed by atoms with Crippen LogP contribution in [0.25, 0.3) is 86.7 Å². The molecule has 0 atom stereocenters. The predicted molar refractivity (Wildman–Crippen MR) is 491 cm³/mol. The van der Waals surface area contributed by atoms with E-state index in [0.717, 1.165) is 44.9 Å². The van der Waals surface area contributed by atoms with Crippen molar-refractivity contribution in [2.24, 2.45) is 0 Å². The molecule has 15 rings (SSSR count). The Morgan fingerprint density at radius 3 is 0.916 bits per heavy atom. The smallest absolute Gasteiger partial charge is 0.185 e. The van der Waals surface area contributed by atoms with Crippen LogP contribution in [0.2, 0.25) is 0 Å². The number of H-pyrrole nitrogens is 5. The van der Waals surface area contributed by atoms with Gasteiger partial charge in [-0.25, -0.2) is 22.0 Å². The van der Waals surface area contributed by atoms with Crippen molar-refractivity contribution in [1.29, 1.82) is 0 Å². The Morgan fingerprint density at radius 1 is 0.290 bits per heavy atom. The van der Waals surface area contributed by atoms with Gasteiger partial charge in [0.15, 0.2) is 28.9 Å². The maximum absolute atomic E-state index is 13.4. The summed E-state index contributed by atoms with van der Waals surface area (Å²) < 4.78 is 77.0. The summed E-state index contributed by atoms with van der Waals surface area (Å²) in [4.78, 5) is 61.0. The van der Waals surface area contributed by atoms with Gasteiger partial charge < -0.3 is 40.1 Å². The Kier molecular flexibility index (Phi) is 33.8. The number of methoxy groups -OCH3 is 2. The number of aromatic nitrogens is 10. The number of aliphatic hydroxyl groups excluding tert-OH is 6. The Morgan fingerprint density at radius 2 is 0.603 bits per heavy atom. The van der Waals surface area contributed by atoms with E-state index in [2.05, 4.69) is 51.0 Å². The summed E-state index contributed by atoms with van der Waals surface area (Å²) in [6, 6.07) is 61.7. The highest BCUT2D eigenvalue weighted by atomic mass is 19.1. The van der Waals surface area contributed by atoms with E-state index in [-0.39, 0.29) is 97.6 Å². The number of aryl methyl sites for hydroxylation is 5. The highest BCUT2D eigenvalue weighted by Crippen LogP contribution is 2.33. The molecule has 5 heterocycles. The largest absolute Gasteiger partial charge is 0.497 e. The first-order valence-electron chi connectivity index (χ1n) is 40.7. The van der Waals surface area contributed by atoms with Crippen LogP contribution < -0.4 is 9.47 Å². The van der Waals surface area contributed by atoms with Crippen LogP contribution >= 0.6 is 0 Å². The van der Waals surface area contributed by atoms with Crippen molar-refractivity contribution in [3.63, 3.8) is 0 Å². The summed E-state index contributed by atoms with van der Waals surface area (Å²) >= 11 is 0. The van der Waals surface area contributed by atoms with Crippen molar-refractivity contribution in [2.45, 2.75) is 74.3 Å². The fourth-order valence-corrected chi connectivity index (χ4v) is 13.0. The van der Waals surface area contributed by atoms with E-state index in [1.165, 1.54) is 122 Å². The lowest BCUT2D eigenvalue weighted by Crippen LogP contribution is -1.99. The molecular formula is C103H91F5N10O13. The van der Waals surface area contributed by atoms with Crippen LogP contribution in [0.5, 0.6) is 11.5 Å². The number of carbonyl (C=O) groups is 5. The third-order valence-electron chi connectivity index (χ3n) is 20.4. The van der Waals surface area contributed by atoms with Gasteiger partial charge in [-0.1, -0.05) is 66.7 Å². The Hall–Kier alpha value is -15.7. The van der Waals surface area contributed by atoms with Crippen LogP contribution in [0.1, 0.15) is 141 Å². The van der Waals surface area contributed by atoms with Crippen LogP contribution in [0.3, 0.4) is 0 Å². The molecule has 0 spiro atoms. The summed E-state index contributed by atoms with van der Waals surface area (Å²) in [7, 11) is 3.04. The minimum atomic E-state index is -0.353. The van der Waals surface area contributed by atoms with Crippen LogP contribution in [-0.4, -0.2) is 125 Å². The zero-order chi connectivity index (χ0) is 93.8. The molecule has 5 aromatic heterocycles. The molecule has 23 nitrogen and oxygen atoms in total. The van der Waals surface area contributed by atoms with Gasteiger partial charge in [0.1, 0.15) is 40.6 Å². The van der Waals surface area contributed by atoms with E-state index in [4.69, 9.17) is 14.6 Å². The van der Waals surface area contributed by atoms with Gasteiger partial charge in [-0.15, -0.1) is 0 Å². The number of allylic oxidation sites excluding steroid dienone is 5. The Balaban J connectivity index is 0.000000158. The number of nitrogens with zero attached hydrogens (tertiary/aromatic N) is 5. The van der Waals surface area contributed by atoms with Gasteiger partial charge in [0.2, 0.25) is 0 Å². The maximum atomic E-state index is 13.4. The molecule has 666 valence electrons. The Labute approximate surface area is 750 Å². The zero-order valence-electron chi connectivity index (χ0n) is 72.0. The molecule has 0 fully saturated rings. The van der Waals surface area contributed by atoms with E-state index >= 15 is 0 Å². The third-order valence-corrected chi connectivity index (χ3v) is 20.4. The van der Waals surface area contributed by atoms with Gasteiger partial charge in [-0.05, 0) is 309 Å². The second-order valence-electron chi connectivity index (χ2n) is 29.7. The molecule has 0 amide bonds. The van der Waals surface area contributed by atoms with Crippen molar-refractivity contribution in [3.8, 4) is 67.8 Å². The van der Waals surface area contributed by atoms with Gasteiger partial charge in [0, 0.05) is 61.2 Å². The van der Waals surface area contributed by atoms with Crippen LogP contribution in [0.15, 0.2) is 255 Å². The molecule has 0 bridgehead atoms. The highest BCUT2D eigenvalue weighted by Gasteiger charge is 2.18. The minimum absolute atomic E-state index is 0.000194. The standard InChI is InChI=1S/C22H21FN2O4.2C21H19FN2O3.C20H17FN2O2.C19H15FN2O/c1-13-7-14(3-5-19(13)23)21(28)6-4-17-10-20(25-24-17)15-8-16(11-26)18(12-27)22(9-15)29-2;1-13-7-15(3-5-19(13)22)21(26)6-4-17-11-20(24-23-17)16-8-14(12-25)9-18(10-16)27-2;1-13-8-15(4-6-19(13)22)21(27)7-5-18-10-20(24-23-18)14-2-3-16(11-25)17(9-14)12-26;1-13-10-16(6-8-18(13)21)20(25)9-7-17-11-19(23-22-17)15-4-2-14(12-24)3-5-15;1-13-11-15(7-9-17(13)20)19(23)10-8-16-12-18(22-21-16)14-5-3-2-4-6-14/h3-10,26-27H,11-12H2,1-2H3,(H,24,25);3-11,25H,12H2,1-2H3,(H,23,24);2-10,25-26H,11-12H2,1H3,(H,23,24);2-11,24H,12H2,1H3,(H,22,23);2-12H,1H3,(H,21,22)/b2*6-4+;7-5+;9-7+;10-8+. The average molecular weight is 1770 g/mol. The molecule has 0 aliphatic heterocycles. The molecule has 0 saturated heterocycles. The summed E-state index contributed by atoms with van der Waals surface area (Å²) in [5, 5.41) is 91.6. The summed E-state index contributed by atoms with van der Waals surface area (Å²) in [6.07, 6.45) is 15.2. The van der Waals surface area contributed by atoms with E-state index in [0.29, 0.717) is 140 Å².